The first-order valence-corrected chi connectivity index (χ1v) is 7.71. The molecule has 3 aromatic rings. The molecule has 25 heavy (non-hydrogen) atoms. The van der Waals surface area contributed by atoms with E-state index in [-0.39, 0.29) is 27.1 Å². The van der Waals surface area contributed by atoms with Crippen LogP contribution in [0, 0.1) is 0 Å². The smallest absolute Gasteiger partial charge is 0.278 e. The van der Waals surface area contributed by atoms with Gasteiger partial charge >= 0.3 is 0 Å². The zero-order chi connectivity index (χ0) is 17.8. The van der Waals surface area contributed by atoms with Gasteiger partial charge in [-0.15, -0.1) is 0 Å². The first kappa shape index (κ1) is 16.9. The van der Waals surface area contributed by atoms with Crippen molar-refractivity contribution in [3.05, 3.63) is 70.5 Å². The Kier molecular flexibility index (Phi) is 4.97. The second kappa shape index (κ2) is 7.33. The van der Waals surface area contributed by atoms with Crippen LogP contribution in [0.4, 0.5) is 11.5 Å². The van der Waals surface area contributed by atoms with Crippen LogP contribution in [0.5, 0.6) is 0 Å². The molecule has 126 valence electrons. The first-order valence-electron chi connectivity index (χ1n) is 6.95. The molecule has 0 fully saturated rings. The highest BCUT2D eigenvalue weighted by Gasteiger charge is 2.15. The van der Waals surface area contributed by atoms with Gasteiger partial charge in [0.1, 0.15) is 12.1 Å². The third-order valence-corrected chi connectivity index (χ3v) is 3.74. The molecule has 2 N–H and O–H groups in total. The van der Waals surface area contributed by atoms with E-state index in [0.717, 1.165) is 6.39 Å². The van der Waals surface area contributed by atoms with E-state index in [4.69, 9.17) is 27.6 Å². The minimum absolute atomic E-state index is 0.110. The summed E-state index contributed by atoms with van der Waals surface area (Å²) in [7, 11) is 0. The number of rotatable bonds is 4. The number of carbonyl (C=O) groups is 2. The normalized spacial score (nSPS) is 10.3. The quantitative estimate of drug-likeness (QED) is 0.719. The number of anilines is 2. The summed E-state index contributed by atoms with van der Waals surface area (Å²) >= 11 is 12.0. The number of nitrogens with one attached hydrogen (secondary N) is 2. The average Bonchev–Trinajstić information content (AvgIpc) is 3.09. The van der Waals surface area contributed by atoms with Gasteiger partial charge in [0, 0.05) is 18.0 Å². The lowest BCUT2D eigenvalue weighted by atomic mass is 10.2. The number of nitrogens with zero attached hydrogens (tertiary/aromatic N) is 2. The molecule has 9 heteroatoms. The standard InChI is InChI=1S/C16H10Cl2N4O3/c17-10-2-1-3-11(18)14(10)16(24)21-9-4-5-19-13(6-9)22-15(23)12-7-25-8-20-12/h1-8H,(H2,19,21,22,23,24). The summed E-state index contributed by atoms with van der Waals surface area (Å²) in [6, 6.07) is 7.83. The van der Waals surface area contributed by atoms with Crippen LogP contribution in [-0.4, -0.2) is 21.8 Å². The molecule has 0 saturated carbocycles. The summed E-state index contributed by atoms with van der Waals surface area (Å²) in [6.45, 7) is 0. The maximum atomic E-state index is 12.4. The molecule has 0 bridgehead atoms. The van der Waals surface area contributed by atoms with Gasteiger partial charge in [0.05, 0.1) is 15.6 Å². The predicted molar refractivity (Wildman–Crippen MR) is 93.1 cm³/mol. The van der Waals surface area contributed by atoms with Crippen LogP contribution in [0.25, 0.3) is 0 Å². The fraction of sp³-hybridized carbons (Fsp3) is 0. The van der Waals surface area contributed by atoms with Gasteiger partial charge in [-0.2, -0.15) is 0 Å². The van der Waals surface area contributed by atoms with Crippen LogP contribution in [0.15, 0.2) is 53.6 Å². The van der Waals surface area contributed by atoms with Gasteiger partial charge in [-0.05, 0) is 18.2 Å². The molecular formula is C16H10Cl2N4O3. The molecule has 1 aromatic carbocycles. The second-order valence-corrected chi connectivity index (χ2v) is 5.62. The summed E-state index contributed by atoms with van der Waals surface area (Å²) < 4.78 is 4.75. The van der Waals surface area contributed by atoms with Crippen molar-refractivity contribution in [1.82, 2.24) is 9.97 Å². The zero-order valence-corrected chi connectivity index (χ0v) is 14.0. The molecule has 3 rings (SSSR count). The van der Waals surface area contributed by atoms with E-state index in [1.165, 1.54) is 18.5 Å². The Hall–Kier alpha value is -2.90. The third kappa shape index (κ3) is 3.96. The predicted octanol–water partition coefficient (Wildman–Crippen LogP) is 3.88. The minimum Gasteiger partial charge on any atom is -0.451 e. The molecule has 2 aromatic heterocycles. The number of aromatic nitrogens is 2. The van der Waals surface area contributed by atoms with E-state index < -0.39 is 11.8 Å². The number of carbonyl (C=O) groups excluding carboxylic acids is 2. The Morgan fingerprint density at radius 3 is 2.44 bits per heavy atom. The number of hydrogen-bond acceptors (Lipinski definition) is 5. The molecule has 2 heterocycles. The molecule has 0 radical (unpaired) electrons. The molecule has 0 unspecified atom stereocenters. The lowest BCUT2D eigenvalue weighted by molar-refractivity contribution is 0.101. The van der Waals surface area contributed by atoms with E-state index in [0.29, 0.717) is 5.69 Å². The van der Waals surface area contributed by atoms with Gasteiger partial charge in [0.25, 0.3) is 11.8 Å². The van der Waals surface area contributed by atoms with Crippen LogP contribution >= 0.6 is 23.2 Å². The fourth-order valence-electron chi connectivity index (χ4n) is 1.99. The number of hydrogen-bond donors (Lipinski definition) is 2. The fourth-order valence-corrected chi connectivity index (χ4v) is 2.56. The molecule has 0 atom stereocenters. The van der Waals surface area contributed by atoms with Gasteiger partial charge in [0.2, 0.25) is 0 Å². The van der Waals surface area contributed by atoms with Gasteiger partial charge in [-0.25, -0.2) is 9.97 Å². The summed E-state index contributed by atoms with van der Waals surface area (Å²) in [6.07, 6.45) is 3.79. The molecule has 7 nitrogen and oxygen atoms in total. The SMILES string of the molecule is O=C(Nc1cc(NC(=O)c2c(Cl)cccc2Cl)ccn1)c1cocn1. The highest BCUT2D eigenvalue weighted by molar-refractivity contribution is 6.40. The zero-order valence-electron chi connectivity index (χ0n) is 12.5. The lowest BCUT2D eigenvalue weighted by Gasteiger charge is -2.09. The molecule has 0 aliphatic carbocycles. The van der Waals surface area contributed by atoms with Gasteiger partial charge in [-0.3, -0.25) is 9.59 Å². The minimum atomic E-state index is -0.487. The van der Waals surface area contributed by atoms with Crippen LogP contribution < -0.4 is 10.6 Å². The summed E-state index contributed by atoms with van der Waals surface area (Å²) in [5.74, 6) is -0.731. The Morgan fingerprint density at radius 2 is 1.76 bits per heavy atom. The number of amides is 2. The van der Waals surface area contributed by atoms with Crippen LogP contribution in [0.3, 0.4) is 0 Å². The Labute approximate surface area is 152 Å². The number of oxazole rings is 1. The molecule has 0 aliphatic rings. The Bertz CT molecular complexity index is 909. The number of benzene rings is 1. The summed E-state index contributed by atoms with van der Waals surface area (Å²) in [5.41, 5.74) is 0.682. The van der Waals surface area contributed by atoms with Gasteiger partial charge < -0.3 is 15.1 Å². The molecule has 2 amide bonds. The van der Waals surface area contributed by atoms with Crippen molar-refractivity contribution >= 4 is 46.5 Å². The van der Waals surface area contributed by atoms with Crippen molar-refractivity contribution in [2.24, 2.45) is 0 Å². The van der Waals surface area contributed by atoms with Crippen molar-refractivity contribution in [3.8, 4) is 0 Å². The first-order chi connectivity index (χ1) is 12.0. The van der Waals surface area contributed by atoms with Gasteiger partial charge in [-0.1, -0.05) is 29.3 Å². The Morgan fingerprint density at radius 1 is 1.00 bits per heavy atom. The van der Waals surface area contributed by atoms with Crippen LogP contribution in [0.1, 0.15) is 20.8 Å². The lowest BCUT2D eigenvalue weighted by Crippen LogP contribution is -2.15. The van der Waals surface area contributed by atoms with Crippen molar-refractivity contribution < 1.29 is 14.0 Å². The molecule has 0 aliphatic heterocycles. The maximum Gasteiger partial charge on any atom is 0.278 e. The maximum absolute atomic E-state index is 12.4. The summed E-state index contributed by atoms with van der Waals surface area (Å²) in [4.78, 5) is 32.0. The van der Waals surface area contributed by atoms with E-state index >= 15 is 0 Å². The van der Waals surface area contributed by atoms with Crippen molar-refractivity contribution in [2.75, 3.05) is 10.6 Å². The second-order valence-electron chi connectivity index (χ2n) is 4.81. The van der Waals surface area contributed by atoms with Crippen molar-refractivity contribution in [1.29, 1.82) is 0 Å². The molecule has 0 spiro atoms. The van der Waals surface area contributed by atoms with Gasteiger partial charge in [0.15, 0.2) is 12.1 Å². The molecule has 0 saturated heterocycles. The summed E-state index contributed by atoms with van der Waals surface area (Å²) in [5, 5.41) is 5.67. The highest BCUT2D eigenvalue weighted by atomic mass is 35.5. The highest BCUT2D eigenvalue weighted by Crippen LogP contribution is 2.25. The van der Waals surface area contributed by atoms with Crippen molar-refractivity contribution in [3.63, 3.8) is 0 Å². The topological polar surface area (TPSA) is 97.1 Å². The van der Waals surface area contributed by atoms with Crippen LogP contribution in [-0.2, 0) is 0 Å². The number of pyridine rings is 1. The van der Waals surface area contributed by atoms with E-state index in [1.807, 2.05) is 0 Å². The monoisotopic (exact) mass is 376 g/mol. The Balaban J connectivity index is 1.76. The third-order valence-electron chi connectivity index (χ3n) is 3.11. The van der Waals surface area contributed by atoms with Crippen LogP contribution in [0.2, 0.25) is 10.0 Å². The average molecular weight is 377 g/mol. The van der Waals surface area contributed by atoms with E-state index in [1.54, 1.807) is 24.3 Å². The molecular weight excluding hydrogens is 367 g/mol. The van der Waals surface area contributed by atoms with E-state index in [2.05, 4.69) is 20.6 Å². The number of halogens is 2. The van der Waals surface area contributed by atoms with E-state index in [9.17, 15) is 9.59 Å². The largest absolute Gasteiger partial charge is 0.451 e. The van der Waals surface area contributed by atoms with Crippen molar-refractivity contribution in [2.45, 2.75) is 0 Å².